The van der Waals surface area contributed by atoms with Crippen LogP contribution in [-0.2, 0) is 6.42 Å². The molecule has 0 aliphatic rings. The van der Waals surface area contributed by atoms with Crippen molar-refractivity contribution in [3.63, 3.8) is 0 Å². The lowest BCUT2D eigenvalue weighted by Gasteiger charge is -2.05. The molecule has 0 amide bonds. The minimum atomic E-state index is 0.603. The highest BCUT2D eigenvalue weighted by Crippen LogP contribution is 2.18. The maximum absolute atomic E-state index is 5.08. The van der Waals surface area contributed by atoms with Gasteiger partial charge in [0.1, 0.15) is 5.75 Å². The van der Waals surface area contributed by atoms with Gasteiger partial charge < -0.3 is 9.47 Å². The summed E-state index contributed by atoms with van der Waals surface area (Å²) in [6, 6.07) is 3.67. The minimum Gasteiger partial charge on any atom is -0.496 e. The predicted molar refractivity (Wildman–Crippen MR) is 58.1 cm³/mol. The zero-order chi connectivity index (χ0) is 11.0. The van der Waals surface area contributed by atoms with E-state index in [1.54, 1.807) is 20.3 Å². The summed E-state index contributed by atoms with van der Waals surface area (Å²) in [6.45, 7) is 6.04. The Morgan fingerprint density at radius 1 is 1.14 bits per heavy atom. The molecule has 0 spiro atoms. The van der Waals surface area contributed by atoms with E-state index in [0.717, 1.165) is 17.9 Å². The average molecular weight is 197 g/mol. The van der Waals surface area contributed by atoms with Gasteiger partial charge in [0.15, 0.2) is 0 Å². The molecule has 3 heteroatoms. The van der Waals surface area contributed by atoms with E-state index in [2.05, 4.69) is 4.98 Å². The number of pyridine rings is 1. The summed E-state index contributed by atoms with van der Waals surface area (Å²) < 4.78 is 10.1. The maximum atomic E-state index is 5.08. The molecule has 1 heterocycles. The predicted octanol–water partition coefficient (Wildman–Crippen LogP) is 2.69. The number of aromatic nitrogens is 1. The highest BCUT2D eigenvalue weighted by molar-refractivity contribution is 5.30. The van der Waals surface area contributed by atoms with Crippen molar-refractivity contribution in [2.24, 2.45) is 0 Å². The summed E-state index contributed by atoms with van der Waals surface area (Å²) in [6.07, 6.45) is 0.882. The molecule has 0 unspecified atom stereocenters. The summed E-state index contributed by atoms with van der Waals surface area (Å²) in [5.41, 5.74) is 0.978. The molecule has 0 aliphatic heterocycles. The van der Waals surface area contributed by atoms with Crippen molar-refractivity contribution in [2.45, 2.75) is 27.2 Å². The van der Waals surface area contributed by atoms with Crippen LogP contribution in [0.4, 0.5) is 0 Å². The van der Waals surface area contributed by atoms with E-state index in [4.69, 9.17) is 9.47 Å². The molecule has 0 radical (unpaired) electrons. The zero-order valence-electron chi connectivity index (χ0n) is 9.63. The number of hydrogen-bond acceptors (Lipinski definition) is 3. The zero-order valence-corrected chi connectivity index (χ0v) is 9.63. The van der Waals surface area contributed by atoms with Crippen molar-refractivity contribution in [1.82, 2.24) is 4.98 Å². The third kappa shape index (κ3) is 3.64. The molecule has 0 fully saturated rings. The lowest BCUT2D eigenvalue weighted by atomic mass is 10.3. The lowest BCUT2D eigenvalue weighted by Crippen LogP contribution is -1.94. The Hall–Kier alpha value is -1.25. The first-order valence-electron chi connectivity index (χ1n) is 4.89. The smallest absolute Gasteiger partial charge is 0.216 e. The highest BCUT2D eigenvalue weighted by atomic mass is 16.5. The van der Waals surface area contributed by atoms with Crippen LogP contribution in [0.25, 0.3) is 0 Å². The van der Waals surface area contributed by atoms with E-state index < -0.39 is 0 Å². The summed E-state index contributed by atoms with van der Waals surface area (Å²) in [7, 11) is 3.23. The molecule has 0 saturated heterocycles. The Balaban J connectivity index is 0.000000791. The Kier molecular flexibility index (Phi) is 6.54. The van der Waals surface area contributed by atoms with Gasteiger partial charge in [-0.3, -0.25) is 0 Å². The van der Waals surface area contributed by atoms with Crippen molar-refractivity contribution < 1.29 is 9.47 Å². The second-order valence-electron chi connectivity index (χ2n) is 2.39. The van der Waals surface area contributed by atoms with Gasteiger partial charge in [0, 0.05) is 17.8 Å². The van der Waals surface area contributed by atoms with E-state index >= 15 is 0 Å². The van der Waals surface area contributed by atoms with E-state index in [-0.39, 0.29) is 0 Å². The molecule has 0 N–H and O–H groups in total. The van der Waals surface area contributed by atoms with Gasteiger partial charge in [-0.25, -0.2) is 4.98 Å². The maximum Gasteiger partial charge on any atom is 0.216 e. The first kappa shape index (κ1) is 12.8. The van der Waals surface area contributed by atoms with E-state index in [0.29, 0.717) is 5.88 Å². The van der Waals surface area contributed by atoms with Crippen molar-refractivity contribution in [1.29, 1.82) is 0 Å². The van der Waals surface area contributed by atoms with Crippen molar-refractivity contribution in [3.05, 3.63) is 17.8 Å². The molecule has 1 rings (SSSR count). The molecule has 14 heavy (non-hydrogen) atoms. The van der Waals surface area contributed by atoms with Gasteiger partial charge in [0.2, 0.25) is 5.88 Å². The Labute approximate surface area is 86.1 Å². The van der Waals surface area contributed by atoms with Crippen LogP contribution in [0, 0.1) is 0 Å². The summed E-state index contributed by atoms with van der Waals surface area (Å²) in [5.74, 6) is 1.39. The van der Waals surface area contributed by atoms with Gasteiger partial charge >= 0.3 is 0 Å². The molecular formula is C11H19NO2. The van der Waals surface area contributed by atoms with Crippen molar-refractivity contribution >= 4 is 0 Å². The monoisotopic (exact) mass is 197 g/mol. The fraction of sp³-hybridized carbons (Fsp3) is 0.545. The van der Waals surface area contributed by atoms with Crippen LogP contribution in [0.5, 0.6) is 11.6 Å². The first-order valence-corrected chi connectivity index (χ1v) is 4.89. The Morgan fingerprint density at radius 2 is 1.79 bits per heavy atom. The number of ether oxygens (including phenoxy) is 2. The van der Waals surface area contributed by atoms with E-state index in [1.807, 2.05) is 26.8 Å². The summed E-state index contributed by atoms with van der Waals surface area (Å²) >= 11 is 0. The van der Waals surface area contributed by atoms with Gasteiger partial charge in [-0.05, 0) is 6.42 Å². The Bertz CT molecular complexity index is 206. The molecule has 1 aromatic heterocycles. The molecule has 3 nitrogen and oxygen atoms in total. The fourth-order valence-electron chi connectivity index (χ4n) is 0.937. The number of rotatable bonds is 3. The molecule has 0 saturated carbocycles. The molecule has 0 atom stereocenters. The van der Waals surface area contributed by atoms with Crippen LogP contribution in [-0.4, -0.2) is 19.2 Å². The third-order valence-electron chi connectivity index (χ3n) is 1.64. The number of aryl methyl sites for hydroxylation is 1. The first-order chi connectivity index (χ1) is 6.80. The van der Waals surface area contributed by atoms with Crippen LogP contribution >= 0.6 is 0 Å². The second-order valence-corrected chi connectivity index (χ2v) is 2.39. The molecule has 1 aromatic rings. The third-order valence-corrected chi connectivity index (χ3v) is 1.64. The van der Waals surface area contributed by atoms with Crippen molar-refractivity contribution in [2.75, 3.05) is 14.2 Å². The van der Waals surface area contributed by atoms with Gasteiger partial charge in [0.25, 0.3) is 0 Å². The summed E-state index contributed by atoms with van der Waals surface area (Å²) in [4.78, 5) is 4.22. The van der Waals surface area contributed by atoms with Gasteiger partial charge in [-0.2, -0.15) is 0 Å². The minimum absolute atomic E-state index is 0.603. The molecule has 80 valence electrons. The fourth-order valence-corrected chi connectivity index (χ4v) is 0.937. The standard InChI is InChI=1S/C9H13NO2.C2H6/c1-4-7-5-8(11-2)6-9(10-7)12-3;1-2/h5-6H,4H2,1-3H3;1-2H3. The van der Waals surface area contributed by atoms with Crippen LogP contribution in [0.1, 0.15) is 26.5 Å². The molecule has 0 aliphatic carbocycles. The SMILES string of the molecule is CC.CCc1cc(OC)cc(OC)n1. The van der Waals surface area contributed by atoms with Crippen LogP contribution < -0.4 is 9.47 Å². The molecular weight excluding hydrogens is 178 g/mol. The van der Waals surface area contributed by atoms with Gasteiger partial charge in [-0.15, -0.1) is 0 Å². The topological polar surface area (TPSA) is 31.4 Å². The van der Waals surface area contributed by atoms with E-state index in [9.17, 15) is 0 Å². The molecule has 0 bridgehead atoms. The highest BCUT2D eigenvalue weighted by Gasteiger charge is 2.00. The largest absolute Gasteiger partial charge is 0.496 e. The Morgan fingerprint density at radius 3 is 2.21 bits per heavy atom. The van der Waals surface area contributed by atoms with Gasteiger partial charge in [0.05, 0.1) is 14.2 Å². The second kappa shape index (κ2) is 7.18. The number of hydrogen-bond donors (Lipinski definition) is 0. The number of nitrogens with zero attached hydrogens (tertiary/aromatic N) is 1. The van der Waals surface area contributed by atoms with Gasteiger partial charge in [-0.1, -0.05) is 20.8 Å². The van der Waals surface area contributed by atoms with Crippen LogP contribution in [0.2, 0.25) is 0 Å². The van der Waals surface area contributed by atoms with Crippen molar-refractivity contribution in [3.8, 4) is 11.6 Å². The average Bonchev–Trinajstić information content (AvgIpc) is 2.30. The van der Waals surface area contributed by atoms with Crippen LogP contribution in [0.15, 0.2) is 12.1 Å². The normalized spacial score (nSPS) is 8.64. The lowest BCUT2D eigenvalue weighted by molar-refractivity contribution is 0.380. The summed E-state index contributed by atoms with van der Waals surface area (Å²) in [5, 5.41) is 0. The quantitative estimate of drug-likeness (QED) is 0.746. The number of methoxy groups -OCH3 is 2. The van der Waals surface area contributed by atoms with E-state index in [1.165, 1.54) is 0 Å². The van der Waals surface area contributed by atoms with Crippen LogP contribution in [0.3, 0.4) is 0 Å². The molecule has 0 aromatic carbocycles.